The van der Waals surface area contributed by atoms with Crippen LogP contribution in [0.2, 0.25) is 5.02 Å². The zero-order chi connectivity index (χ0) is 16.6. The first-order valence-electron chi connectivity index (χ1n) is 7.03. The van der Waals surface area contributed by atoms with Gasteiger partial charge in [-0.1, -0.05) is 11.6 Å². The van der Waals surface area contributed by atoms with Crippen LogP contribution in [0, 0.1) is 23.0 Å². The van der Waals surface area contributed by atoms with Crippen molar-refractivity contribution in [3.05, 3.63) is 34.4 Å². The number of nitrogen functional groups attached to an aromatic ring is 1. The van der Waals surface area contributed by atoms with Crippen molar-refractivity contribution in [3.63, 3.8) is 0 Å². The highest BCUT2D eigenvalue weighted by molar-refractivity contribution is 6.31. The fourth-order valence-corrected chi connectivity index (χ4v) is 2.76. The molecule has 2 heterocycles. The number of ether oxygens (including phenoxy) is 1. The molecule has 0 spiro atoms. The summed E-state index contributed by atoms with van der Waals surface area (Å²) in [6.45, 7) is 1.10. The fraction of sp³-hybridized carbons (Fsp3) is 0.333. The van der Waals surface area contributed by atoms with Crippen LogP contribution in [0.4, 0.5) is 14.6 Å². The van der Waals surface area contributed by atoms with E-state index in [0.29, 0.717) is 13.2 Å². The Morgan fingerprint density at radius 2 is 2.09 bits per heavy atom. The van der Waals surface area contributed by atoms with Crippen molar-refractivity contribution in [1.82, 2.24) is 9.78 Å². The molecule has 1 aromatic heterocycles. The molecular weight excluding hydrogens is 326 g/mol. The smallest absolute Gasteiger partial charge is 0.145 e. The average Bonchev–Trinajstić information content (AvgIpc) is 2.89. The van der Waals surface area contributed by atoms with Crippen LogP contribution in [-0.4, -0.2) is 23.0 Å². The second-order valence-electron chi connectivity index (χ2n) is 5.29. The number of halogens is 3. The molecule has 1 fully saturated rings. The predicted molar refractivity (Wildman–Crippen MR) is 80.8 cm³/mol. The van der Waals surface area contributed by atoms with Crippen molar-refractivity contribution in [2.24, 2.45) is 0 Å². The third kappa shape index (κ3) is 2.76. The van der Waals surface area contributed by atoms with Gasteiger partial charge in [-0.25, -0.2) is 13.5 Å². The Bertz CT molecular complexity index is 771. The lowest BCUT2D eigenvalue weighted by molar-refractivity contribution is 0.0558. The summed E-state index contributed by atoms with van der Waals surface area (Å²) in [5.41, 5.74) is 6.32. The van der Waals surface area contributed by atoms with E-state index in [4.69, 9.17) is 22.1 Å². The number of aromatic nitrogens is 2. The van der Waals surface area contributed by atoms with Gasteiger partial charge in [-0.3, -0.25) is 0 Å². The van der Waals surface area contributed by atoms with Gasteiger partial charge in [0, 0.05) is 12.2 Å². The van der Waals surface area contributed by atoms with Crippen LogP contribution in [-0.2, 0) is 4.74 Å². The highest BCUT2D eigenvalue weighted by Gasteiger charge is 2.25. The highest BCUT2D eigenvalue weighted by atomic mass is 35.5. The molecule has 0 radical (unpaired) electrons. The highest BCUT2D eigenvalue weighted by Crippen LogP contribution is 2.33. The molecule has 3 rings (SSSR count). The summed E-state index contributed by atoms with van der Waals surface area (Å²) < 4.78 is 34.3. The largest absolute Gasteiger partial charge is 0.383 e. The van der Waals surface area contributed by atoms with E-state index in [1.54, 1.807) is 0 Å². The first-order valence-corrected chi connectivity index (χ1v) is 7.41. The molecule has 1 aromatic carbocycles. The maximum atomic E-state index is 13.7. The Kier molecular flexibility index (Phi) is 4.20. The monoisotopic (exact) mass is 338 g/mol. The van der Waals surface area contributed by atoms with Gasteiger partial charge in [-0.2, -0.15) is 10.4 Å². The van der Waals surface area contributed by atoms with Crippen LogP contribution in [0.1, 0.15) is 24.4 Å². The molecule has 2 N–H and O–H groups in total. The maximum absolute atomic E-state index is 13.7. The summed E-state index contributed by atoms with van der Waals surface area (Å²) >= 11 is 5.49. The first kappa shape index (κ1) is 15.7. The molecule has 0 saturated carbocycles. The van der Waals surface area contributed by atoms with Gasteiger partial charge in [-0.05, 0) is 25.0 Å². The van der Waals surface area contributed by atoms with Gasteiger partial charge in [0.05, 0.1) is 12.6 Å². The molecule has 1 unspecified atom stereocenters. The molecule has 120 valence electrons. The van der Waals surface area contributed by atoms with E-state index in [2.05, 4.69) is 5.10 Å². The molecule has 8 heteroatoms. The molecule has 1 aliphatic heterocycles. The molecule has 1 aliphatic rings. The van der Waals surface area contributed by atoms with Crippen LogP contribution in [0.3, 0.4) is 0 Å². The summed E-state index contributed by atoms with van der Waals surface area (Å²) in [7, 11) is 0. The van der Waals surface area contributed by atoms with E-state index in [0.717, 1.165) is 25.0 Å². The normalized spacial score (nSPS) is 17.9. The van der Waals surface area contributed by atoms with Gasteiger partial charge in [0.25, 0.3) is 0 Å². The Balaban J connectivity index is 2.11. The number of rotatable bonds is 2. The van der Waals surface area contributed by atoms with Gasteiger partial charge in [0.1, 0.15) is 39.8 Å². The summed E-state index contributed by atoms with van der Waals surface area (Å²) in [6.07, 6.45) is 1.66. The van der Waals surface area contributed by atoms with E-state index in [9.17, 15) is 14.0 Å². The zero-order valence-corrected chi connectivity index (χ0v) is 12.8. The van der Waals surface area contributed by atoms with Crippen molar-refractivity contribution >= 4 is 17.4 Å². The van der Waals surface area contributed by atoms with E-state index in [1.165, 1.54) is 4.68 Å². The van der Waals surface area contributed by atoms with Crippen molar-refractivity contribution in [1.29, 1.82) is 5.26 Å². The molecule has 5 nitrogen and oxygen atoms in total. The second-order valence-corrected chi connectivity index (χ2v) is 5.67. The number of hydrogen-bond acceptors (Lipinski definition) is 4. The lowest BCUT2D eigenvalue weighted by Crippen LogP contribution is -2.23. The predicted octanol–water partition coefficient (Wildman–Crippen LogP) is 3.29. The molecular formula is C15H13ClF2N4O. The van der Waals surface area contributed by atoms with E-state index < -0.39 is 16.7 Å². The molecule has 0 amide bonds. The minimum atomic E-state index is -0.917. The Morgan fingerprint density at radius 3 is 2.65 bits per heavy atom. The second kappa shape index (κ2) is 6.14. The quantitative estimate of drug-likeness (QED) is 0.852. The van der Waals surface area contributed by atoms with Crippen molar-refractivity contribution < 1.29 is 13.5 Å². The molecule has 1 saturated heterocycles. The summed E-state index contributed by atoms with van der Waals surface area (Å²) in [5, 5.41) is 13.0. The van der Waals surface area contributed by atoms with Crippen molar-refractivity contribution in [3.8, 4) is 17.3 Å². The number of hydrogen-bond donors (Lipinski definition) is 1. The van der Waals surface area contributed by atoms with Crippen LogP contribution in [0.25, 0.3) is 11.3 Å². The molecule has 0 bridgehead atoms. The first-order chi connectivity index (χ1) is 11.0. The summed E-state index contributed by atoms with van der Waals surface area (Å²) in [5.74, 6) is -1.67. The number of anilines is 1. The van der Waals surface area contributed by atoms with Gasteiger partial charge >= 0.3 is 0 Å². The SMILES string of the molecule is N#Cc1c(-c2cc(F)c(Cl)c(F)c2)nn(C2CCCOC2)c1N. The lowest BCUT2D eigenvalue weighted by atomic mass is 10.1. The van der Waals surface area contributed by atoms with Crippen LogP contribution in [0.15, 0.2) is 12.1 Å². The number of nitrogens with zero attached hydrogens (tertiary/aromatic N) is 3. The number of nitriles is 1. The Morgan fingerprint density at radius 1 is 1.39 bits per heavy atom. The molecule has 23 heavy (non-hydrogen) atoms. The fourth-order valence-electron chi connectivity index (χ4n) is 2.65. The van der Waals surface area contributed by atoms with Gasteiger partial charge in [-0.15, -0.1) is 0 Å². The van der Waals surface area contributed by atoms with Crippen molar-refractivity contribution in [2.45, 2.75) is 18.9 Å². The molecule has 1 atom stereocenters. The third-order valence-corrected chi connectivity index (χ3v) is 4.16. The standard InChI is InChI=1S/C15H13ClF2N4O/c16-13-11(17)4-8(5-12(13)18)14-10(6-19)15(20)22(21-14)9-2-1-3-23-7-9/h4-5,9H,1-3,7,20H2. The van der Waals surface area contributed by atoms with E-state index >= 15 is 0 Å². The van der Waals surface area contributed by atoms with Crippen LogP contribution < -0.4 is 5.73 Å². The summed E-state index contributed by atoms with van der Waals surface area (Å²) in [6, 6.07) is 3.92. The zero-order valence-electron chi connectivity index (χ0n) is 12.0. The van der Waals surface area contributed by atoms with Gasteiger partial charge in [0.15, 0.2) is 0 Å². The van der Waals surface area contributed by atoms with Crippen LogP contribution in [0.5, 0.6) is 0 Å². The van der Waals surface area contributed by atoms with E-state index in [1.807, 2.05) is 6.07 Å². The minimum absolute atomic E-state index is 0.0803. The summed E-state index contributed by atoms with van der Waals surface area (Å²) in [4.78, 5) is 0. The lowest BCUT2D eigenvalue weighted by Gasteiger charge is -2.23. The topological polar surface area (TPSA) is 76.9 Å². The van der Waals surface area contributed by atoms with E-state index in [-0.39, 0.29) is 28.7 Å². The minimum Gasteiger partial charge on any atom is -0.383 e. The number of benzene rings is 1. The average molecular weight is 339 g/mol. The maximum Gasteiger partial charge on any atom is 0.145 e. The molecule has 2 aromatic rings. The van der Waals surface area contributed by atoms with Gasteiger partial charge < -0.3 is 10.5 Å². The van der Waals surface area contributed by atoms with Gasteiger partial charge in [0.2, 0.25) is 0 Å². The van der Waals surface area contributed by atoms with Crippen LogP contribution >= 0.6 is 11.6 Å². The third-order valence-electron chi connectivity index (χ3n) is 3.80. The Labute approximate surface area is 136 Å². The molecule has 0 aliphatic carbocycles. The number of nitrogens with two attached hydrogens (primary N) is 1. The Hall–Kier alpha value is -2.17. The van der Waals surface area contributed by atoms with Crippen molar-refractivity contribution in [2.75, 3.05) is 18.9 Å².